The summed E-state index contributed by atoms with van der Waals surface area (Å²) in [6.45, 7) is 0.136. The van der Waals surface area contributed by atoms with E-state index in [1.54, 1.807) is 24.3 Å². The maximum atomic E-state index is 12.9. The lowest BCUT2D eigenvalue weighted by Crippen LogP contribution is -2.22. The molecule has 0 atom stereocenters. The van der Waals surface area contributed by atoms with Crippen LogP contribution in [0.4, 0.5) is 10.1 Å². The van der Waals surface area contributed by atoms with Crippen LogP contribution in [-0.4, -0.2) is 29.1 Å². The minimum atomic E-state index is -0.454. The number of hydrogen-bond donors (Lipinski definition) is 2. The number of amides is 2. The molecule has 2 amide bonds. The molecular formula is C18H15FN4O3S. The Morgan fingerprint density at radius 1 is 1.11 bits per heavy atom. The second-order valence-corrected chi connectivity index (χ2v) is 6.44. The van der Waals surface area contributed by atoms with Gasteiger partial charge in [0.05, 0.1) is 13.7 Å². The van der Waals surface area contributed by atoms with E-state index in [-0.39, 0.29) is 17.5 Å². The number of halogens is 1. The number of ether oxygens (including phenoxy) is 1. The second kappa shape index (κ2) is 8.37. The smallest absolute Gasteiger partial charge is 0.286 e. The summed E-state index contributed by atoms with van der Waals surface area (Å²) in [5.41, 5.74) is 0.901. The zero-order valence-electron chi connectivity index (χ0n) is 14.2. The summed E-state index contributed by atoms with van der Waals surface area (Å²) >= 11 is 1.06. The van der Waals surface area contributed by atoms with Crippen LogP contribution < -0.4 is 15.4 Å². The third-order valence-corrected chi connectivity index (χ3v) is 4.42. The van der Waals surface area contributed by atoms with Gasteiger partial charge in [-0.1, -0.05) is 17.4 Å². The third kappa shape index (κ3) is 4.85. The third-order valence-electron chi connectivity index (χ3n) is 3.50. The van der Waals surface area contributed by atoms with Crippen molar-refractivity contribution in [3.05, 3.63) is 69.9 Å². The van der Waals surface area contributed by atoms with E-state index in [0.717, 1.165) is 11.3 Å². The van der Waals surface area contributed by atoms with Crippen molar-refractivity contribution in [3.63, 3.8) is 0 Å². The molecular weight excluding hydrogens is 371 g/mol. The maximum Gasteiger partial charge on any atom is 0.286 e. The van der Waals surface area contributed by atoms with Gasteiger partial charge in [0.2, 0.25) is 5.01 Å². The molecule has 0 unspecified atom stereocenters. The molecule has 27 heavy (non-hydrogen) atoms. The highest BCUT2D eigenvalue weighted by Crippen LogP contribution is 2.15. The number of carbonyl (C=O) groups excluding carboxylic acids is 2. The molecule has 7 nitrogen and oxygen atoms in total. The minimum Gasteiger partial charge on any atom is -0.497 e. The Labute approximate surface area is 158 Å². The molecule has 2 aromatic carbocycles. The first kappa shape index (κ1) is 18.5. The molecule has 138 valence electrons. The molecule has 1 heterocycles. The molecule has 0 spiro atoms. The van der Waals surface area contributed by atoms with Crippen LogP contribution in [0.2, 0.25) is 0 Å². The van der Waals surface area contributed by atoms with Gasteiger partial charge in [-0.25, -0.2) is 4.39 Å². The Bertz CT molecular complexity index is 959. The number of nitrogens with one attached hydrogen (secondary N) is 2. The quantitative estimate of drug-likeness (QED) is 0.680. The largest absolute Gasteiger partial charge is 0.497 e. The van der Waals surface area contributed by atoms with E-state index in [1.807, 2.05) is 0 Å². The fourth-order valence-corrected chi connectivity index (χ4v) is 2.83. The van der Waals surface area contributed by atoms with Gasteiger partial charge in [-0.2, -0.15) is 0 Å². The fraction of sp³-hybridized carbons (Fsp3) is 0.111. The molecule has 3 rings (SSSR count). The molecule has 0 aliphatic heterocycles. The van der Waals surface area contributed by atoms with Crippen molar-refractivity contribution in [3.8, 4) is 5.75 Å². The lowest BCUT2D eigenvalue weighted by Gasteiger charge is -2.05. The predicted octanol–water partition coefficient (Wildman–Crippen LogP) is 2.87. The number of hydrogen-bond acceptors (Lipinski definition) is 6. The van der Waals surface area contributed by atoms with Crippen LogP contribution in [0.1, 0.15) is 25.2 Å². The number of rotatable bonds is 6. The van der Waals surface area contributed by atoms with Gasteiger partial charge in [0.25, 0.3) is 11.8 Å². The van der Waals surface area contributed by atoms with Gasteiger partial charge in [0.15, 0.2) is 0 Å². The van der Waals surface area contributed by atoms with E-state index >= 15 is 0 Å². The van der Waals surface area contributed by atoms with Crippen molar-refractivity contribution < 1.29 is 18.7 Å². The highest BCUT2D eigenvalue weighted by molar-refractivity contribution is 7.13. The molecule has 0 fully saturated rings. The molecule has 9 heteroatoms. The van der Waals surface area contributed by atoms with Crippen LogP contribution in [-0.2, 0) is 6.54 Å². The van der Waals surface area contributed by atoms with Crippen molar-refractivity contribution in [2.45, 2.75) is 6.54 Å². The monoisotopic (exact) mass is 386 g/mol. The van der Waals surface area contributed by atoms with Gasteiger partial charge in [0, 0.05) is 11.3 Å². The van der Waals surface area contributed by atoms with E-state index in [9.17, 15) is 14.0 Å². The summed E-state index contributed by atoms with van der Waals surface area (Å²) in [5, 5.41) is 13.7. The van der Waals surface area contributed by atoms with E-state index in [4.69, 9.17) is 4.74 Å². The molecule has 0 aliphatic rings. The Morgan fingerprint density at radius 3 is 2.63 bits per heavy atom. The van der Waals surface area contributed by atoms with Gasteiger partial charge in [-0.3, -0.25) is 9.59 Å². The standard InChI is InChI=1S/C18H15FN4O3S/c1-26-14-4-2-3-11(9-14)16(24)20-10-15-22-23-18(27-15)17(25)21-13-7-5-12(19)6-8-13/h2-9H,10H2,1H3,(H,20,24)(H,21,25). The molecule has 0 saturated carbocycles. The van der Waals surface area contributed by atoms with Crippen LogP contribution in [0, 0.1) is 5.82 Å². The normalized spacial score (nSPS) is 10.3. The Hall–Kier alpha value is -3.33. The number of nitrogens with zero attached hydrogens (tertiary/aromatic N) is 2. The number of benzene rings is 2. The topological polar surface area (TPSA) is 93.2 Å². The number of aromatic nitrogens is 2. The first-order valence-corrected chi connectivity index (χ1v) is 8.68. The average Bonchev–Trinajstić information content (AvgIpc) is 3.17. The van der Waals surface area contributed by atoms with Gasteiger partial charge in [0.1, 0.15) is 16.6 Å². The maximum absolute atomic E-state index is 12.9. The molecule has 3 aromatic rings. The van der Waals surface area contributed by atoms with Crippen molar-refractivity contribution in [1.29, 1.82) is 0 Å². The van der Waals surface area contributed by atoms with Crippen molar-refractivity contribution in [1.82, 2.24) is 15.5 Å². The van der Waals surface area contributed by atoms with Gasteiger partial charge in [-0.05, 0) is 42.5 Å². The second-order valence-electron chi connectivity index (χ2n) is 5.38. The average molecular weight is 386 g/mol. The zero-order valence-corrected chi connectivity index (χ0v) is 15.0. The van der Waals surface area contributed by atoms with E-state index < -0.39 is 11.7 Å². The lowest BCUT2D eigenvalue weighted by atomic mass is 10.2. The van der Waals surface area contributed by atoms with Crippen molar-refractivity contribution in [2.24, 2.45) is 0 Å². The van der Waals surface area contributed by atoms with E-state index in [0.29, 0.717) is 22.0 Å². The Balaban J connectivity index is 1.57. The Morgan fingerprint density at radius 2 is 1.89 bits per heavy atom. The van der Waals surface area contributed by atoms with Crippen molar-refractivity contribution >= 4 is 28.8 Å². The summed E-state index contributed by atoms with van der Waals surface area (Å²) < 4.78 is 18.0. The van der Waals surface area contributed by atoms with Gasteiger partial charge >= 0.3 is 0 Å². The summed E-state index contributed by atoms with van der Waals surface area (Å²) in [7, 11) is 1.52. The first-order valence-electron chi connectivity index (χ1n) is 7.86. The SMILES string of the molecule is COc1cccc(C(=O)NCc2nnc(C(=O)Nc3ccc(F)cc3)s2)c1. The molecule has 0 bridgehead atoms. The lowest BCUT2D eigenvalue weighted by molar-refractivity contribution is 0.0949. The highest BCUT2D eigenvalue weighted by Gasteiger charge is 2.14. The minimum absolute atomic E-state index is 0.136. The van der Waals surface area contributed by atoms with E-state index in [2.05, 4.69) is 20.8 Å². The van der Waals surface area contributed by atoms with Crippen LogP contribution in [0.15, 0.2) is 48.5 Å². The van der Waals surface area contributed by atoms with Crippen LogP contribution in [0.25, 0.3) is 0 Å². The molecule has 0 aliphatic carbocycles. The highest BCUT2D eigenvalue weighted by atomic mass is 32.1. The molecule has 0 radical (unpaired) electrons. The number of carbonyl (C=O) groups is 2. The van der Waals surface area contributed by atoms with E-state index in [1.165, 1.54) is 31.4 Å². The predicted molar refractivity (Wildman–Crippen MR) is 98.4 cm³/mol. The summed E-state index contributed by atoms with van der Waals surface area (Å²) in [6, 6.07) is 12.1. The van der Waals surface area contributed by atoms with Crippen molar-refractivity contribution in [2.75, 3.05) is 12.4 Å². The summed E-state index contributed by atoms with van der Waals surface area (Å²) in [6.07, 6.45) is 0. The van der Waals surface area contributed by atoms with Gasteiger partial charge < -0.3 is 15.4 Å². The van der Waals surface area contributed by atoms with Crippen LogP contribution in [0.3, 0.4) is 0 Å². The number of anilines is 1. The van der Waals surface area contributed by atoms with Gasteiger partial charge in [-0.15, -0.1) is 10.2 Å². The molecule has 2 N–H and O–H groups in total. The number of methoxy groups -OCH3 is 1. The molecule has 0 saturated heterocycles. The molecule has 1 aromatic heterocycles. The first-order chi connectivity index (χ1) is 13.0. The summed E-state index contributed by atoms with van der Waals surface area (Å²) in [5.74, 6) is -0.554. The summed E-state index contributed by atoms with van der Waals surface area (Å²) in [4.78, 5) is 24.3. The zero-order chi connectivity index (χ0) is 19.2. The van der Waals surface area contributed by atoms with Crippen LogP contribution >= 0.6 is 11.3 Å². The van der Waals surface area contributed by atoms with Crippen LogP contribution in [0.5, 0.6) is 5.75 Å². The Kier molecular flexibility index (Phi) is 5.72. The fourth-order valence-electron chi connectivity index (χ4n) is 2.16.